The lowest BCUT2D eigenvalue weighted by Crippen LogP contribution is -2.22. The summed E-state index contributed by atoms with van der Waals surface area (Å²) in [6.45, 7) is 5.58. The summed E-state index contributed by atoms with van der Waals surface area (Å²) in [5, 5.41) is 2.35. The Labute approximate surface area is 173 Å². The minimum Gasteiger partial charge on any atom is -0.496 e. The maximum absolute atomic E-state index is 12.3. The third-order valence-corrected chi connectivity index (χ3v) is 4.08. The first-order valence-corrected chi connectivity index (χ1v) is 9.12. The Morgan fingerprint density at radius 1 is 1.03 bits per heavy atom. The number of rotatable bonds is 8. The molecule has 9 heteroatoms. The van der Waals surface area contributed by atoms with Crippen molar-refractivity contribution in [3.05, 3.63) is 46.2 Å². The summed E-state index contributed by atoms with van der Waals surface area (Å²) in [5.74, 6) is -2.52. The molecule has 0 saturated carbocycles. The Hall–Kier alpha value is -3.62. The number of esters is 2. The van der Waals surface area contributed by atoms with Crippen LogP contribution in [-0.2, 0) is 14.3 Å². The zero-order valence-electron chi connectivity index (χ0n) is 17.4. The van der Waals surface area contributed by atoms with Crippen molar-refractivity contribution in [1.29, 1.82) is 0 Å². The van der Waals surface area contributed by atoms with Crippen molar-refractivity contribution in [2.75, 3.05) is 25.6 Å². The molecule has 1 aromatic heterocycles. The number of carbonyl (C=O) groups excluding carboxylic acids is 4. The van der Waals surface area contributed by atoms with E-state index in [0.717, 1.165) is 5.56 Å². The fraction of sp³-hybridized carbons (Fsp3) is 0.333. The van der Waals surface area contributed by atoms with E-state index in [2.05, 4.69) is 5.32 Å². The summed E-state index contributed by atoms with van der Waals surface area (Å²) < 4.78 is 20.5. The Morgan fingerprint density at radius 3 is 2.33 bits per heavy atom. The molecule has 0 aliphatic heterocycles. The lowest BCUT2D eigenvalue weighted by Gasteiger charge is -2.10. The number of benzene rings is 1. The molecule has 1 aromatic carbocycles. The van der Waals surface area contributed by atoms with E-state index in [1.54, 1.807) is 32.0 Å². The number of aryl methyl sites for hydroxylation is 2. The van der Waals surface area contributed by atoms with E-state index < -0.39 is 30.2 Å². The lowest BCUT2D eigenvalue weighted by molar-refractivity contribution is -0.119. The van der Waals surface area contributed by atoms with Crippen LogP contribution >= 0.6 is 0 Å². The zero-order chi connectivity index (χ0) is 22.4. The van der Waals surface area contributed by atoms with Gasteiger partial charge in [-0.15, -0.1) is 0 Å². The molecule has 2 aromatic rings. The molecular weight excluding hydrogens is 394 g/mol. The SMILES string of the molecule is CCOC(=O)c1c(NC(=O)COC(=O)c2cc(C)ccc2OC)oc(C)c1C(C)=O. The molecule has 1 heterocycles. The van der Waals surface area contributed by atoms with Crippen molar-refractivity contribution in [1.82, 2.24) is 0 Å². The second-order valence-electron chi connectivity index (χ2n) is 6.34. The van der Waals surface area contributed by atoms with Gasteiger partial charge in [-0.3, -0.25) is 14.9 Å². The highest BCUT2D eigenvalue weighted by atomic mass is 16.5. The van der Waals surface area contributed by atoms with E-state index in [1.165, 1.54) is 21.0 Å². The number of furan rings is 1. The fourth-order valence-electron chi connectivity index (χ4n) is 2.81. The van der Waals surface area contributed by atoms with Gasteiger partial charge in [0.2, 0.25) is 5.88 Å². The Balaban J connectivity index is 2.16. The van der Waals surface area contributed by atoms with Crippen molar-refractivity contribution in [2.45, 2.75) is 27.7 Å². The highest BCUT2D eigenvalue weighted by molar-refractivity contribution is 6.11. The molecule has 9 nitrogen and oxygen atoms in total. The van der Waals surface area contributed by atoms with Crippen LogP contribution in [-0.4, -0.2) is 44.0 Å². The number of anilines is 1. The van der Waals surface area contributed by atoms with Gasteiger partial charge in [-0.25, -0.2) is 9.59 Å². The molecule has 0 fully saturated rings. The summed E-state index contributed by atoms with van der Waals surface area (Å²) in [6.07, 6.45) is 0. The van der Waals surface area contributed by atoms with Crippen molar-refractivity contribution in [3.63, 3.8) is 0 Å². The first-order valence-electron chi connectivity index (χ1n) is 9.12. The minimum absolute atomic E-state index is 0.0187. The number of ether oxygens (including phenoxy) is 3. The summed E-state index contributed by atoms with van der Waals surface area (Å²) in [7, 11) is 1.41. The van der Waals surface area contributed by atoms with E-state index >= 15 is 0 Å². The topological polar surface area (TPSA) is 121 Å². The molecule has 0 bridgehead atoms. The molecule has 0 radical (unpaired) electrons. The molecule has 160 valence electrons. The van der Waals surface area contributed by atoms with Gasteiger partial charge < -0.3 is 18.6 Å². The van der Waals surface area contributed by atoms with Crippen LogP contribution in [0, 0.1) is 13.8 Å². The van der Waals surface area contributed by atoms with Crippen molar-refractivity contribution in [2.24, 2.45) is 0 Å². The quantitative estimate of drug-likeness (QED) is 0.514. The molecule has 0 atom stereocenters. The van der Waals surface area contributed by atoms with Gasteiger partial charge in [0.25, 0.3) is 5.91 Å². The number of hydrogen-bond acceptors (Lipinski definition) is 8. The number of nitrogens with one attached hydrogen (secondary N) is 1. The van der Waals surface area contributed by atoms with Crippen LogP contribution in [0.25, 0.3) is 0 Å². The van der Waals surface area contributed by atoms with Crippen LogP contribution in [0.3, 0.4) is 0 Å². The smallest absolute Gasteiger partial charge is 0.344 e. The number of amides is 1. The van der Waals surface area contributed by atoms with E-state index in [9.17, 15) is 19.2 Å². The minimum atomic E-state index is -0.809. The van der Waals surface area contributed by atoms with Gasteiger partial charge in [0.1, 0.15) is 22.6 Å². The first-order chi connectivity index (χ1) is 14.2. The lowest BCUT2D eigenvalue weighted by atomic mass is 10.1. The van der Waals surface area contributed by atoms with Gasteiger partial charge in [-0.2, -0.15) is 0 Å². The van der Waals surface area contributed by atoms with Gasteiger partial charge in [0.15, 0.2) is 12.4 Å². The number of Topliss-reactive ketones (excluding diaryl/α,β-unsaturated/α-hetero) is 1. The largest absolute Gasteiger partial charge is 0.496 e. The Bertz CT molecular complexity index is 989. The molecule has 1 N–H and O–H groups in total. The molecule has 0 aliphatic carbocycles. The van der Waals surface area contributed by atoms with E-state index in [1.807, 2.05) is 0 Å². The molecule has 0 aliphatic rings. The predicted molar refractivity (Wildman–Crippen MR) is 106 cm³/mol. The van der Waals surface area contributed by atoms with Crippen LogP contribution in [0.1, 0.15) is 56.2 Å². The number of ketones is 1. The molecule has 1 amide bonds. The van der Waals surface area contributed by atoms with E-state index in [-0.39, 0.29) is 34.9 Å². The fourth-order valence-corrected chi connectivity index (χ4v) is 2.81. The Morgan fingerprint density at radius 2 is 1.73 bits per heavy atom. The van der Waals surface area contributed by atoms with E-state index in [0.29, 0.717) is 5.75 Å². The average molecular weight is 417 g/mol. The zero-order valence-corrected chi connectivity index (χ0v) is 17.4. The number of hydrogen-bond donors (Lipinski definition) is 1. The maximum Gasteiger partial charge on any atom is 0.344 e. The summed E-state index contributed by atoms with van der Waals surface area (Å²) >= 11 is 0. The highest BCUT2D eigenvalue weighted by Crippen LogP contribution is 2.28. The van der Waals surface area contributed by atoms with Crippen molar-refractivity contribution in [3.8, 4) is 5.75 Å². The van der Waals surface area contributed by atoms with Crippen LogP contribution in [0.15, 0.2) is 22.6 Å². The Kier molecular flexibility index (Phi) is 7.35. The van der Waals surface area contributed by atoms with Crippen LogP contribution in [0.4, 0.5) is 5.88 Å². The maximum atomic E-state index is 12.3. The van der Waals surface area contributed by atoms with Gasteiger partial charge in [0.05, 0.1) is 19.3 Å². The molecule has 2 rings (SSSR count). The predicted octanol–water partition coefficient (Wildman–Crippen LogP) is 3.08. The van der Waals surface area contributed by atoms with Crippen molar-refractivity contribution < 1.29 is 37.8 Å². The summed E-state index contributed by atoms with van der Waals surface area (Å²) in [6, 6.07) is 4.96. The highest BCUT2D eigenvalue weighted by Gasteiger charge is 2.29. The van der Waals surface area contributed by atoms with Crippen LogP contribution < -0.4 is 10.1 Å². The second kappa shape index (κ2) is 9.73. The van der Waals surface area contributed by atoms with Crippen LogP contribution in [0.5, 0.6) is 5.75 Å². The third-order valence-electron chi connectivity index (χ3n) is 4.08. The molecule has 30 heavy (non-hydrogen) atoms. The monoisotopic (exact) mass is 417 g/mol. The van der Waals surface area contributed by atoms with Gasteiger partial charge in [0, 0.05) is 0 Å². The first kappa shape index (κ1) is 22.7. The molecule has 0 saturated heterocycles. The van der Waals surface area contributed by atoms with Crippen LogP contribution in [0.2, 0.25) is 0 Å². The number of methoxy groups -OCH3 is 1. The average Bonchev–Trinajstić information content (AvgIpc) is 3.02. The van der Waals surface area contributed by atoms with E-state index in [4.69, 9.17) is 18.6 Å². The summed E-state index contributed by atoms with van der Waals surface area (Å²) in [5.41, 5.74) is 0.825. The van der Waals surface area contributed by atoms with Gasteiger partial charge in [-0.1, -0.05) is 11.6 Å². The number of carbonyl (C=O) groups is 4. The van der Waals surface area contributed by atoms with Crippen molar-refractivity contribution >= 4 is 29.5 Å². The third kappa shape index (κ3) is 5.05. The molecule has 0 spiro atoms. The van der Waals surface area contributed by atoms with Gasteiger partial charge in [-0.05, 0) is 39.8 Å². The normalized spacial score (nSPS) is 10.3. The second-order valence-corrected chi connectivity index (χ2v) is 6.34. The standard InChI is InChI=1S/C21H23NO8/c1-6-28-21(26)18-17(12(3)23)13(4)30-19(18)22-16(24)10-29-20(25)14-9-11(2)7-8-15(14)27-5/h7-9H,6,10H2,1-5H3,(H,22,24). The molecular formula is C21H23NO8. The van der Waals surface area contributed by atoms with Gasteiger partial charge >= 0.3 is 11.9 Å². The summed E-state index contributed by atoms with van der Waals surface area (Å²) in [4.78, 5) is 48.7. The molecule has 0 unspecified atom stereocenters.